The summed E-state index contributed by atoms with van der Waals surface area (Å²) in [6.07, 6.45) is 4.51. The van der Waals surface area contributed by atoms with Crippen molar-refractivity contribution in [3.8, 4) is 0 Å². The Morgan fingerprint density at radius 2 is 2.16 bits per heavy atom. The molecule has 1 saturated carbocycles. The molecular weight excluding hydrogens is 258 g/mol. The van der Waals surface area contributed by atoms with Gasteiger partial charge < -0.3 is 10.2 Å². The van der Waals surface area contributed by atoms with Crippen molar-refractivity contribution >= 4 is 17.2 Å². The molecule has 1 saturated heterocycles. The van der Waals surface area contributed by atoms with E-state index in [1.807, 2.05) is 4.90 Å². The van der Waals surface area contributed by atoms with Crippen LogP contribution in [0.5, 0.6) is 0 Å². The molecule has 0 unspecified atom stereocenters. The minimum Gasteiger partial charge on any atom is -0.335 e. The number of aryl methyl sites for hydroxylation is 1. The number of rotatable bonds is 4. The van der Waals surface area contributed by atoms with Crippen LogP contribution in [0.2, 0.25) is 0 Å². The second-order valence-corrected chi connectivity index (χ2v) is 6.47. The van der Waals surface area contributed by atoms with Crippen LogP contribution in [0.1, 0.15) is 52.5 Å². The number of hydrogen-bond donors (Lipinski definition) is 1. The maximum atomic E-state index is 12.6. The first-order valence-corrected chi connectivity index (χ1v) is 8.11. The van der Waals surface area contributed by atoms with E-state index in [1.54, 1.807) is 11.3 Å². The molecule has 0 radical (unpaired) electrons. The van der Waals surface area contributed by atoms with Crippen LogP contribution in [0.3, 0.4) is 0 Å². The molecule has 1 N–H and O–H groups in total. The molecule has 2 heterocycles. The minimum absolute atomic E-state index is 0.211. The van der Waals surface area contributed by atoms with Crippen LogP contribution in [0, 0.1) is 0 Å². The number of hydrogen-bond acceptors (Lipinski definition) is 4. The number of aromatic nitrogens is 1. The number of amides is 1. The number of nitrogens with zero attached hydrogens (tertiary/aromatic N) is 2. The molecule has 0 atom stereocenters. The average Bonchev–Trinajstić information content (AvgIpc) is 3.21. The molecule has 0 bridgehead atoms. The van der Waals surface area contributed by atoms with Gasteiger partial charge in [0, 0.05) is 32.1 Å². The van der Waals surface area contributed by atoms with Crippen LogP contribution < -0.4 is 5.32 Å². The topological polar surface area (TPSA) is 45.2 Å². The average molecular weight is 279 g/mol. The first-order valence-electron chi connectivity index (χ1n) is 7.29. The predicted molar refractivity (Wildman–Crippen MR) is 76.9 cm³/mol. The van der Waals surface area contributed by atoms with Gasteiger partial charge in [-0.15, -0.1) is 11.3 Å². The van der Waals surface area contributed by atoms with Gasteiger partial charge in [-0.2, -0.15) is 0 Å². The van der Waals surface area contributed by atoms with Gasteiger partial charge in [0.1, 0.15) is 4.88 Å². The van der Waals surface area contributed by atoms with Gasteiger partial charge in [-0.05, 0) is 25.7 Å². The lowest BCUT2D eigenvalue weighted by Gasteiger charge is -2.27. The highest BCUT2D eigenvalue weighted by molar-refractivity contribution is 7.13. The largest absolute Gasteiger partial charge is 0.335 e. The standard InChI is InChI=1S/C14H21N3OS/c1-2-3-11-16-12(10-4-5-10)13(19-11)14(18)17-8-6-15-7-9-17/h10,15H,2-9H2,1H3. The van der Waals surface area contributed by atoms with E-state index in [2.05, 4.69) is 12.2 Å². The molecule has 4 nitrogen and oxygen atoms in total. The van der Waals surface area contributed by atoms with E-state index in [-0.39, 0.29) is 5.91 Å². The first-order chi connectivity index (χ1) is 9.29. The Morgan fingerprint density at radius 3 is 2.79 bits per heavy atom. The van der Waals surface area contributed by atoms with Crippen molar-refractivity contribution in [2.75, 3.05) is 26.2 Å². The summed E-state index contributed by atoms with van der Waals surface area (Å²) >= 11 is 1.63. The van der Waals surface area contributed by atoms with Crippen molar-refractivity contribution in [3.63, 3.8) is 0 Å². The molecule has 1 amide bonds. The quantitative estimate of drug-likeness (QED) is 0.917. The second-order valence-electron chi connectivity index (χ2n) is 5.39. The smallest absolute Gasteiger partial charge is 0.265 e. The summed E-state index contributed by atoms with van der Waals surface area (Å²) in [6, 6.07) is 0. The van der Waals surface area contributed by atoms with Crippen LogP contribution in [0.25, 0.3) is 0 Å². The number of thiazole rings is 1. The van der Waals surface area contributed by atoms with Gasteiger partial charge in [0.2, 0.25) is 0 Å². The summed E-state index contributed by atoms with van der Waals surface area (Å²) in [4.78, 5) is 20.3. The van der Waals surface area contributed by atoms with Crippen LogP contribution in [-0.4, -0.2) is 42.0 Å². The predicted octanol–water partition coefficient (Wildman–Crippen LogP) is 2.02. The van der Waals surface area contributed by atoms with Crippen molar-refractivity contribution in [2.45, 2.75) is 38.5 Å². The van der Waals surface area contributed by atoms with E-state index in [0.29, 0.717) is 5.92 Å². The third-order valence-electron chi connectivity index (χ3n) is 3.72. The van der Waals surface area contributed by atoms with Gasteiger partial charge in [-0.25, -0.2) is 4.98 Å². The molecular formula is C14H21N3OS. The highest BCUT2D eigenvalue weighted by Crippen LogP contribution is 2.43. The van der Waals surface area contributed by atoms with Gasteiger partial charge >= 0.3 is 0 Å². The summed E-state index contributed by atoms with van der Waals surface area (Å²) < 4.78 is 0. The number of piperazine rings is 1. The van der Waals surface area contributed by atoms with E-state index in [0.717, 1.165) is 54.6 Å². The van der Waals surface area contributed by atoms with Gasteiger partial charge in [0.15, 0.2) is 0 Å². The molecule has 1 aromatic heterocycles. The third-order valence-corrected chi connectivity index (χ3v) is 4.84. The van der Waals surface area contributed by atoms with Crippen molar-refractivity contribution in [1.82, 2.24) is 15.2 Å². The zero-order chi connectivity index (χ0) is 13.2. The van der Waals surface area contributed by atoms with E-state index in [1.165, 1.54) is 12.8 Å². The minimum atomic E-state index is 0.211. The van der Waals surface area contributed by atoms with E-state index < -0.39 is 0 Å². The Bertz CT molecular complexity index is 461. The lowest BCUT2D eigenvalue weighted by atomic mass is 10.2. The van der Waals surface area contributed by atoms with Gasteiger partial charge in [0.05, 0.1) is 10.7 Å². The first kappa shape index (κ1) is 13.1. The molecule has 1 aromatic rings. The van der Waals surface area contributed by atoms with E-state index >= 15 is 0 Å². The zero-order valence-electron chi connectivity index (χ0n) is 11.4. The Labute approximate surface area is 118 Å². The molecule has 0 aromatic carbocycles. The van der Waals surface area contributed by atoms with E-state index in [9.17, 15) is 4.79 Å². The summed E-state index contributed by atoms with van der Waals surface area (Å²) in [5, 5.41) is 4.43. The highest BCUT2D eigenvalue weighted by atomic mass is 32.1. The normalized spacial score (nSPS) is 19.7. The van der Waals surface area contributed by atoms with Gasteiger partial charge in [0.25, 0.3) is 5.91 Å². The van der Waals surface area contributed by atoms with Crippen molar-refractivity contribution < 1.29 is 4.79 Å². The molecule has 19 heavy (non-hydrogen) atoms. The number of carbonyl (C=O) groups is 1. The fourth-order valence-electron chi connectivity index (χ4n) is 2.50. The Morgan fingerprint density at radius 1 is 1.42 bits per heavy atom. The van der Waals surface area contributed by atoms with Crippen molar-refractivity contribution in [3.05, 3.63) is 15.6 Å². The van der Waals surface area contributed by atoms with Crippen LogP contribution in [0.4, 0.5) is 0 Å². The fourth-order valence-corrected chi connectivity index (χ4v) is 3.72. The molecule has 1 aliphatic heterocycles. The molecule has 2 fully saturated rings. The maximum Gasteiger partial charge on any atom is 0.265 e. The number of nitrogens with one attached hydrogen (secondary N) is 1. The van der Waals surface area contributed by atoms with Crippen LogP contribution in [0.15, 0.2) is 0 Å². The lowest BCUT2D eigenvalue weighted by molar-refractivity contribution is 0.0739. The maximum absolute atomic E-state index is 12.6. The zero-order valence-corrected chi connectivity index (χ0v) is 12.3. The molecule has 0 spiro atoms. The summed E-state index contributed by atoms with van der Waals surface area (Å²) in [7, 11) is 0. The van der Waals surface area contributed by atoms with Gasteiger partial charge in [-0.3, -0.25) is 4.79 Å². The Balaban J connectivity index is 1.82. The second kappa shape index (κ2) is 5.59. The van der Waals surface area contributed by atoms with Crippen molar-refractivity contribution in [2.24, 2.45) is 0 Å². The summed E-state index contributed by atoms with van der Waals surface area (Å²) in [5.74, 6) is 0.770. The molecule has 5 heteroatoms. The lowest BCUT2D eigenvalue weighted by Crippen LogP contribution is -2.46. The van der Waals surface area contributed by atoms with Crippen molar-refractivity contribution in [1.29, 1.82) is 0 Å². The van der Waals surface area contributed by atoms with Gasteiger partial charge in [-0.1, -0.05) is 6.92 Å². The Kier molecular flexibility index (Phi) is 3.84. The Hall–Kier alpha value is -0.940. The van der Waals surface area contributed by atoms with Crippen LogP contribution in [-0.2, 0) is 6.42 Å². The molecule has 3 rings (SSSR count). The van der Waals surface area contributed by atoms with E-state index in [4.69, 9.17) is 4.98 Å². The third kappa shape index (κ3) is 2.82. The highest BCUT2D eigenvalue weighted by Gasteiger charge is 2.33. The molecule has 2 aliphatic rings. The molecule has 104 valence electrons. The van der Waals surface area contributed by atoms with Crippen LogP contribution >= 0.6 is 11.3 Å². The summed E-state index contributed by atoms with van der Waals surface area (Å²) in [5.41, 5.74) is 1.09. The summed E-state index contributed by atoms with van der Waals surface area (Å²) in [6.45, 7) is 5.63. The SMILES string of the molecule is CCCc1nc(C2CC2)c(C(=O)N2CCNCC2)s1. The number of carbonyl (C=O) groups excluding carboxylic acids is 1. The monoisotopic (exact) mass is 279 g/mol. The molecule has 1 aliphatic carbocycles. The fraction of sp³-hybridized carbons (Fsp3) is 0.714.